The smallest absolute Gasteiger partial charge is 0.366 e. The minimum absolute atomic E-state index is 0.391. The molecule has 1 aliphatic rings. The van der Waals surface area contributed by atoms with E-state index in [0.717, 1.165) is 34.1 Å². The number of aromatic nitrogens is 2. The van der Waals surface area contributed by atoms with Gasteiger partial charge in [0.25, 0.3) is 0 Å². The molecule has 34 heavy (non-hydrogen) atoms. The number of benzene rings is 2. The van der Waals surface area contributed by atoms with Crippen LogP contribution >= 0.6 is 0 Å². The number of alkyl halides is 3. The zero-order chi connectivity index (χ0) is 24.6. The second kappa shape index (κ2) is 8.86. The van der Waals surface area contributed by atoms with Crippen LogP contribution in [0.1, 0.15) is 30.6 Å². The number of hydroxylamine groups is 1. The molecule has 0 radical (unpaired) electrons. The first kappa shape index (κ1) is 23.4. The van der Waals surface area contributed by atoms with Gasteiger partial charge in [-0.05, 0) is 42.7 Å². The van der Waals surface area contributed by atoms with Crippen molar-refractivity contribution in [1.82, 2.24) is 15.0 Å². The third-order valence-corrected chi connectivity index (χ3v) is 5.64. The maximum atomic E-state index is 13.4. The van der Waals surface area contributed by atoms with Crippen molar-refractivity contribution in [3.8, 4) is 11.1 Å². The molecule has 1 unspecified atom stereocenters. The van der Waals surface area contributed by atoms with Gasteiger partial charge in [0.15, 0.2) is 11.9 Å². The average molecular weight is 471 g/mol. The summed E-state index contributed by atoms with van der Waals surface area (Å²) in [5, 5.41) is 8.44. The lowest BCUT2D eigenvalue weighted by Crippen LogP contribution is -2.51. The standard InChI is InChI=1S/C24H24F3N5O2/c1-4-21-20-10-9-18(16-5-7-17(8-6-16)23(28)33)13-19(20)14-31(34-15(2)24(25,26)27)32(21)22-11-12-29-30(22)3/h5-15H,4H2,1-3H3,(H2,28,33). The molecule has 2 aromatic carbocycles. The number of hydrogen-bond donors (Lipinski definition) is 1. The third-order valence-electron chi connectivity index (χ3n) is 5.64. The minimum atomic E-state index is -4.54. The molecular weight excluding hydrogens is 447 g/mol. The van der Waals surface area contributed by atoms with Gasteiger partial charge < -0.3 is 5.73 Å². The zero-order valence-electron chi connectivity index (χ0n) is 18.9. The molecule has 0 fully saturated rings. The predicted molar refractivity (Wildman–Crippen MR) is 122 cm³/mol. The number of anilines is 1. The quantitative estimate of drug-likeness (QED) is 0.598. The van der Waals surface area contributed by atoms with Crippen molar-refractivity contribution < 1.29 is 22.8 Å². The Balaban J connectivity index is 1.86. The highest BCUT2D eigenvalue weighted by Gasteiger charge is 2.40. The van der Waals surface area contributed by atoms with Gasteiger partial charge in [0.05, 0.1) is 18.1 Å². The van der Waals surface area contributed by atoms with E-state index in [1.807, 2.05) is 25.1 Å². The first-order valence-electron chi connectivity index (χ1n) is 10.7. The summed E-state index contributed by atoms with van der Waals surface area (Å²) in [7, 11) is 1.71. The Bertz CT molecular complexity index is 1330. The molecule has 0 saturated carbocycles. The summed E-state index contributed by atoms with van der Waals surface area (Å²) in [6.45, 7) is 2.89. The van der Waals surface area contributed by atoms with Gasteiger partial charge in [0.1, 0.15) is 0 Å². The van der Waals surface area contributed by atoms with Crippen molar-refractivity contribution in [3.63, 3.8) is 0 Å². The van der Waals surface area contributed by atoms with E-state index >= 15 is 0 Å². The Morgan fingerprint density at radius 1 is 1.12 bits per heavy atom. The molecule has 10 heteroatoms. The number of hydrazine groups is 1. The van der Waals surface area contributed by atoms with Gasteiger partial charge in [0.2, 0.25) is 5.91 Å². The third kappa shape index (κ3) is 4.36. The summed E-state index contributed by atoms with van der Waals surface area (Å²) in [6, 6.07) is 14.3. The number of rotatable bonds is 6. The normalized spacial score (nSPS) is 14.6. The number of primary amides is 1. The van der Waals surface area contributed by atoms with E-state index in [2.05, 4.69) is 5.10 Å². The fraction of sp³-hybridized carbons (Fsp3) is 0.250. The van der Waals surface area contributed by atoms with Crippen LogP contribution in [-0.4, -0.2) is 33.1 Å². The first-order valence-corrected chi connectivity index (χ1v) is 10.7. The summed E-state index contributed by atoms with van der Waals surface area (Å²) < 4.78 is 41.7. The van der Waals surface area contributed by atoms with Gasteiger partial charge in [0, 0.05) is 29.1 Å². The monoisotopic (exact) mass is 471 g/mol. The highest BCUT2D eigenvalue weighted by atomic mass is 19.4. The second-order valence-electron chi connectivity index (χ2n) is 7.89. The van der Waals surface area contributed by atoms with Crippen LogP contribution in [0.25, 0.3) is 23.0 Å². The summed E-state index contributed by atoms with van der Waals surface area (Å²) >= 11 is 0. The number of carbonyl (C=O) groups excluding carboxylic acids is 1. The molecule has 7 nitrogen and oxygen atoms in total. The highest BCUT2D eigenvalue weighted by molar-refractivity contribution is 5.93. The zero-order valence-corrected chi connectivity index (χ0v) is 18.9. The molecule has 1 atom stereocenters. The Morgan fingerprint density at radius 2 is 1.79 bits per heavy atom. The molecule has 178 valence electrons. The lowest BCUT2D eigenvalue weighted by Gasteiger charge is -2.39. The molecule has 1 amide bonds. The van der Waals surface area contributed by atoms with E-state index in [0.29, 0.717) is 23.0 Å². The van der Waals surface area contributed by atoms with Crippen LogP contribution in [0.3, 0.4) is 0 Å². The van der Waals surface area contributed by atoms with Gasteiger partial charge >= 0.3 is 6.18 Å². The predicted octanol–water partition coefficient (Wildman–Crippen LogP) is 3.06. The SMILES string of the molecule is CCC1=c2ccc(-c3ccc(C(N)=O)cc3)cc2=CN(OC(C)C(F)(F)F)N1c1ccnn1C. The van der Waals surface area contributed by atoms with Crippen molar-refractivity contribution in [2.45, 2.75) is 32.5 Å². The summed E-state index contributed by atoms with van der Waals surface area (Å²) in [5.74, 6) is 0.0357. The van der Waals surface area contributed by atoms with Gasteiger partial charge in [-0.25, -0.2) is 9.85 Å². The number of aryl methyl sites for hydroxylation is 1. The number of nitrogens with two attached hydrogens (primary N) is 1. The second-order valence-corrected chi connectivity index (χ2v) is 7.89. The molecule has 0 spiro atoms. The van der Waals surface area contributed by atoms with E-state index in [-0.39, 0.29) is 0 Å². The maximum Gasteiger partial charge on any atom is 0.417 e. The molecule has 3 aromatic rings. The molecule has 0 bridgehead atoms. The molecule has 4 rings (SSSR count). The fourth-order valence-electron chi connectivity index (χ4n) is 3.80. The number of nitrogens with zero attached hydrogens (tertiary/aromatic N) is 4. The largest absolute Gasteiger partial charge is 0.417 e. The summed E-state index contributed by atoms with van der Waals surface area (Å²) in [6.07, 6.45) is -2.95. The van der Waals surface area contributed by atoms with E-state index in [4.69, 9.17) is 10.6 Å². The van der Waals surface area contributed by atoms with Crippen LogP contribution < -0.4 is 21.2 Å². The topological polar surface area (TPSA) is 76.6 Å². The van der Waals surface area contributed by atoms with Gasteiger partial charge in [-0.2, -0.15) is 23.4 Å². The number of hydrogen-bond acceptors (Lipinski definition) is 5. The van der Waals surface area contributed by atoms with Crippen molar-refractivity contribution in [2.75, 3.05) is 5.01 Å². The Morgan fingerprint density at radius 3 is 2.35 bits per heavy atom. The maximum absolute atomic E-state index is 13.4. The summed E-state index contributed by atoms with van der Waals surface area (Å²) in [4.78, 5) is 16.7. The van der Waals surface area contributed by atoms with Gasteiger partial charge in [-0.1, -0.05) is 31.2 Å². The number of amides is 1. The molecule has 1 aliphatic heterocycles. The van der Waals surface area contributed by atoms with Gasteiger partial charge in [-0.3, -0.25) is 9.48 Å². The van der Waals surface area contributed by atoms with Crippen LogP contribution in [0, 0.1) is 0 Å². The van der Waals surface area contributed by atoms with Crippen LogP contribution in [0.4, 0.5) is 19.0 Å². The number of fused-ring (bicyclic) bond motifs is 1. The lowest BCUT2D eigenvalue weighted by atomic mass is 10.0. The van der Waals surface area contributed by atoms with Crippen LogP contribution in [0.15, 0.2) is 54.7 Å². The first-order chi connectivity index (χ1) is 16.1. The number of carbonyl (C=O) groups is 1. The lowest BCUT2D eigenvalue weighted by molar-refractivity contribution is -0.273. The fourth-order valence-corrected chi connectivity index (χ4v) is 3.80. The molecular formula is C24H24F3N5O2. The van der Waals surface area contributed by atoms with Crippen LogP contribution in [0.2, 0.25) is 0 Å². The number of halogens is 3. The van der Waals surface area contributed by atoms with E-state index in [9.17, 15) is 18.0 Å². The van der Waals surface area contributed by atoms with Gasteiger partial charge in [-0.15, -0.1) is 0 Å². The van der Waals surface area contributed by atoms with E-state index in [1.165, 1.54) is 6.20 Å². The molecule has 2 N–H and O–H groups in total. The van der Waals surface area contributed by atoms with Crippen molar-refractivity contribution in [3.05, 3.63) is 70.7 Å². The average Bonchev–Trinajstić information content (AvgIpc) is 3.22. The van der Waals surface area contributed by atoms with Crippen LogP contribution in [0.5, 0.6) is 0 Å². The van der Waals surface area contributed by atoms with Crippen molar-refractivity contribution in [1.29, 1.82) is 0 Å². The Labute approximate surface area is 194 Å². The summed E-state index contributed by atoms with van der Waals surface area (Å²) in [5.41, 5.74) is 8.13. The van der Waals surface area contributed by atoms with Crippen molar-refractivity contribution in [2.24, 2.45) is 12.8 Å². The minimum Gasteiger partial charge on any atom is -0.366 e. The van der Waals surface area contributed by atoms with Crippen molar-refractivity contribution >= 4 is 23.6 Å². The molecule has 0 aliphatic carbocycles. The van der Waals surface area contributed by atoms with E-state index < -0.39 is 18.2 Å². The van der Waals surface area contributed by atoms with Crippen LogP contribution in [-0.2, 0) is 11.9 Å². The Hall–Kier alpha value is -3.79. The highest BCUT2D eigenvalue weighted by Crippen LogP contribution is 2.29. The van der Waals surface area contributed by atoms with E-state index in [1.54, 1.807) is 53.3 Å². The molecule has 0 saturated heterocycles. The molecule has 1 aromatic heterocycles. The molecule has 2 heterocycles. The Kier molecular flexibility index (Phi) is 6.09.